The maximum atomic E-state index is 12.8. The lowest BCUT2D eigenvalue weighted by atomic mass is 10.1. The molecule has 0 heterocycles. The van der Waals surface area contributed by atoms with Gasteiger partial charge in [-0.25, -0.2) is 0 Å². The fourth-order valence-corrected chi connectivity index (χ4v) is 3.41. The van der Waals surface area contributed by atoms with Gasteiger partial charge in [0.15, 0.2) is 0 Å². The molecule has 0 saturated carbocycles. The van der Waals surface area contributed by atoms with Gasteiger partial charge < -0.3 is 20.7 Å². The normalized spacial score (nSPS) is 10.4. The van der Waals surface area contributed by atoms with Gasteiger partial charge in [-0.2, -0.15) is 0 Å². The van der Waals surface area contributed by atoms with Gasteiger partial charge >= 0.3 is 0 Å². The number of rotatable bonds is 7. The molecule has 6 heteroatoms. The van der Waals surface area contributed by atoms with Crippen molar-refractivity contribution < 1.29 is 14.3 Å². The van der Waals surface area contributed by atoms with E-state index in [4.69, 9.17) is 4.74 Å². The second-order valence-electron chi connectivity index (χ2n) is 7.16. The lowest BCUT2D eigenvalue weighted by Crippen LogP contribution is -2.23. The molecule has 0 aliphatic rings. The molecule has 0 aromatic heterocycles. The first-order chi connectivity index (χ1) is 15.6. The van der Waals surface area contributed by atoms with E-state index in [-0.39, 0.29) is 18.4 Å². The van der Waals surface area contributed by atoms with Crippen LogP contribution in [0.1, 0.15) is 10.4 Å². The number of carbonyl (C=O) groups is 2. The van der Waals surface area contributed by atoms with Crippen LogP contribution < -0.4 is 20.7 Å². The van der Waals surface area contributed by atoms with Crippen molar-refractivity contribution in [1.82, 2.24) is 0 Å². The van der Waals surface area contributed by atoms with Crippen LogP contribution in [0.15, 0.2) is 91.0 Å². The van der Waals surface area contributed by atoms with Gasteiger partial charge in [0, 0.05) is 22.4 Å². The Labute approximate surface area is 186 Å². The maximum absolute atomic E-state index is 12.8. The minimum Gasteiger partial charge on any atom is -0.497 e. The Kier molecular flexibility index (Phi) is 6.32. The highest BCUT2D eigenvalue weighted by atomic mass is 16.5. The zero-order valence-corrected chi connectivity index (χ0v) is 17.6. The van der Waals surface area contributed by atoms with Gasteiger partial charge in [-0.15, -0.1) is 0 Å². The highest BCUT2D eigenvalue weighted by Gasteiger charge is 2.13. The van der Waals surface area contributed by atoms with E-state index < -0.39 is 0 Å². The molecule has 3 N–H and O–H groups in total. The number of hydrogen-bond acceptors (Lipinski definition) is 4. The fraction of sp³-hybridized carbons (Fsp3) is 0.0769. The molecule has 0 spiro atoms. The zero-order chi connectivity index (χ0) is 22.3. The highest BCUT2D eigenvalue weighted by Crippen LogP contribution is 2.23. The molecule has 0 aliphatic heterocycles. The fourth-order valence-electron chi connectivity index (χ4n) is 3.41. The third-order valence-corrected chi connectivity index (χ3v) is 5.02. The predicted octanol–water partition coefficient (Wildman–Crippen LogP) is 5.15. The highest BCUT2D eigenvalue weighted by molar-refractivity contribution is 6.09. The topological polar surface area (TPSA) is 79.5 Å². The van der Waals surface area contributed by atoms with Gasteiger partial charge in [-0.05, 0) is 47.9 Å². The maximum Gasteiger partial charge on any atom is 0.257 e. The lowest BCUT2D eigenvalue weighted by molar-refractivity contribution is -0.114. The Bertz CT molecular complexity index is 1250. The molecular formula is C26H23N3O3. The number of nitrogens with one attached hydrogen (secondary N) is 3. The van der Waals surface area contributed by atoms with Crippen molar-refractivity contribution in [2.24, 2.45) is 0 Å². The number of carbonyl (C=O) groups excluding carboxylic acids is 2. The molecule has 4 aromatic carbocycles. The van der Waals surface area contributed by atoms with E-state index in [1.807, 2.05) is 48.5 Å². The van der Waals surface area contributed by atoms with Crippen LogP contribution in [-0.2, 0) is 4.79 Å². The smallest absolute Gasteiger partial charge is 0.257 e. The number of anilines is 3. The summed E-state index contributed by atoms with van der Waals surface area (Å²) in [6, 6.07) is 27.8. The standard InChI is InChI=1S/C26H23N3O3/c1-32-20-15-13-19(14-16-20)28-26(31)22-10-4-5-11-23(22)27-17-25(30)29-24-12-6-8-18-7-2-3-9-21(18)24/h2-16,27H,17H2,1H3,(H,28,31)(H,29,30). The molecule has 0 atom stereocenters. The average molecular weight is 425 g/mol. The summed E-state index contributed by atoms with van der Waals surface area (Å²) in [5.74, 6) is 0.238. The third-order valence-electron chi connectivity index (χ3n) is 5.02. The molecule has 0 aliphatic carbocycles. The molecule has 32 heavy (non-hydrogen) atoms. The SMILES string of the molecule is COc1ccc(NC(=O)c2ccccc2NCC(=O)Nc2cccc3ccccc23)cc1. The number of hydrogen-bond donors (Lipinski definition) is 3. The summed E-state index contributed by atoms with van der Waals surface area (Å²) in [6.07, 6.45) is 0. The second-order valence-corrected chi connectivity index (χ2v) is 7.16. The van der Waals surface area contributed by atoms with Gasteiger partial charge in [-0.1, -0.05) is 48.5 Å². The molecule has 0 radical (unpaired) electrons. The number of fused-ring (bicyclic) bond motifs is 1. The van der Waals surface area contributed by atoms with E-state index in [9.17, 15) is 9.59 Å². The molecule has 0 unspecified atom stereocenters. The van der Waals surface area contributed by atoms with Crippen molar-refractivity contribution in [3.05, 3.63) is 96.6 Å². The van der Waals surface area contributed by atoms with Gasteiger partial charge in [-0.3, -0.25) is 9.59 Å². The predicted molar refractivity (Wildman–Crippen MR) is 128 cm³/mol. The average Bonchev–Trinajstić information content (AvgIpc) is 2.83. The first-order valence-corrected chi connectivity index (χ1v) is 10.2. The largest absolute Gasteiger partial charge is 0.497 e. The molecule has 160 valence electrons. The first kappa shape index (κ1) is 20.9. The van der Waals surface area contributed by atoms with Crippen LogP contribution in [0.5, 0.6) is 5.75 Å². The number of methoxy groups -OCH3 is 1. The van der Waals surface area contributed by atoms with Gasteiger partial charge in [0.05, 0.1) is 19.2 Å². The molecule has 2 amide bonds. The van der Waals surface area contributed by atoms with E-state index in [0.717, 1.165) is 16.5 Å². The number of amides is 2. The van der Waals surface area contributed by atoms with E-state index in [0.29, 0.717) is 22.7 Å². The molecule has 0 fully saturated rings. The zero-order valence-electron chi connectivity index (χ0n) is 17.6. The van der Waals surface area contributed by atoms with E-state index >= 15 is 0 Å². The Balaban J connectivity index is 1.42. The van der Waals surface area contributed by atoms with Crippen molar-refractivity contribution in [3.63, 3.8) is 0 Å². The Morgan fingerprint density at radius 1 is 0.750 bits per heavy atom. The lowest BCUT2D eigenvalue weighted by Gasteiger charge is -2.13. The van der Waals surface area contributed by atoms with Crippen LogP contribution in [0.25, 0.3) is 10.8 Å². The van der Waals surface area contributed by atoms with Crippen molar-refractivity contribution in [1.29, 1.82) is 0 Å². The Hall–Kier alpha value is -4.32. The molecule has 4 aromatic rings. The van der Waals surface area contributed by atoms with E-state index in [1.54, 1.807) is 49.6 Å². The summed E-state index contributed by atoms with van der Waals surface area (Å²) >= 11 is 0. The van der Waals surface area contributed by atoms with Crippen LogP contribution in [-0.4, -0.2) is 25.5 Å². The van der Waals surface area contributed by atoms with Crippen LogP contribution >= 0.6 is 0 Å². The minimum absolute atomic E-state index is 0.0239. The molecule has 4 rings (SSSR count). The summed E-state index contributed by atoms with van der Waals surface area (Å²) in [7, 11) is 1.59. The van der Waals surface area contributed by atoms with Crippen molar-refractivity contribution in [2.75, 3.05) is 29.6 Å². The Morgan fingerprint density at radius 2 is 1.44 bits per heavy atom. The summed E-state index contributed by atoms with van der Waals surface area (Å²) in [4.78, 5) is 25.4. The van der Waals surface area contributed by atoms with Gasteiger partial charge in [0.25, 0.3) is 5.91 Å². The quantitative estimate of drug-likeness (QED) is 0.383. The van der Waals surface area contributed by atoms with E-state index in [1.165, 1.54) is 0 Å². The molecular weight excluding hydrogens is 402 g/mol. The van der Waals surface area contributed by atoms with Gasteiger partial charge in [0.1, 0.15) is 5.75 Å². The molecule has 0 bridgehead atoms. The summed E-state index contributed by atoms with van der Waals surface area (Å²) < 4.78 is 5.14. The van der Waals surface area contributed by atoms with Gasteiger partial charge in [0.2, 0.25) is 5.91 Å². The number of benzene rings is 4. The summed E-state index contributed by atoms with van der Waals surface area (Å²) in [5.41, 5.74) is 2.42. The van der Waals surface area contributed by atoms with Crippen molar-refractivity contribution in [3.8, 4) is 5.75 Å². The summed E-state index contributed by atoms with van der Waals surface area (Å²) in [5, 5.41) is 10.9. The Morgan fingerprint density at radius 3 is 2.25 bits per heavy atom. The van der Waals surface area contributed by atoms with Crippen LogP contribution in [0, 0.1) is 0 Å². The summed E-state index contributed by atoms with van der Waals surface area (Å²) in [6.45, 7) is 0.0239. The third kappa shape index (κ3) is 4.87. The van der Waals surface area contributed by atoms with E-state index in [2.05, 4.69) is 16.0 Å². The second kappa shape index (κ2) is 9.66. The van der Waals surface area contributed by atoms with Crippen LogP contribution in [0.4, 0.5) is 17.1 Å². The van der Waals surface area contributed by atoms with Crippen LogP contribution in [0.2, 0.25) is 0 Å². The minimum atomic E-state index is -0.271. The van der Waals surface area contributed by atoms with Crippen molar-refractivity contribution in [2.45, 2.75) is 0 Å². The molecule has 6 nitrogen and oxygen atoms in total. The number of ether oxygens (including phenoxy) is 1. The number of para-hydroxylation sites is 1. The first-order valence-electron chi connectivity index (χ1n) is 10.2. The molecule has 0 saturated heterocycles. The van der Waals surface area contributed by atoms with Crippen molar-refractivity contribution >= 4 is 39.6 Å². The monoisotopic (exact) mass is 425 g/mol. The van der Waals surface area contributed by atoms with Crippen LogP contribution in [0.3, 0.4) is 0 Å².